The fourth-order valence-corrected chi connectivity index (χ4v) is 5.77. The molecule has 0 bridgehead atoms. The van der Waals surface area contributed by atoms with Crippen molar-refractivity contribution in [1.82, 2.24) is 14.8 Å². The molecular formula is C32H33F3N4O2S. The van der Waals surface area contributed by atoms with Gasteiger partial charge in [-0.2, -0.15) is 13.2 Å². The highest BCUT2D eigenvalue weighted by atomic mass is 32.1. The number of alkyl halides is 3. The number of thiazole rings is 1. The summed E-state index contributed by atoms with van der Waals surface area (Å²) >= 11 is 1.62. The summed E-state index contributed by atoms with van der Waals surface area (Å²) < 4.78 is 45.6. The van der Waals surface area contributed by atoms with E-state index in [4.69, 9.17) is 4.74 Å². The van der Waals surface area contributed by atoms with Crippen molar-refractivity contribution in [2.45, 2.75) is 25.7 Å². The topological polar surface area (TPSA) is 48.9 Å². The third-order valence-electron chi connectivity index (χ3n) is 7.58. The van der Waals surface area contributed by atoms with E-state index in [0.717, 1.165) is 33.8 Å². The fourth-order valence-electron chi connectivity index (χ4n) is 5.01. The summed E-state index contributed by atoms with van der Waals surface area (Å²) in [6.07, 6.45) is -2.59. The minimum atomic E-state index is -4.39. The zero-order valence-electron chi connectivity index (χ0n) is 23.6. The molecule has 0 unspecified atom stereocenters. The van der Waals surface area contributed by atoms with E-state index in [-0.39, 0.29) is 18.6 Å². The lowest BCUT2D eigenvalue weighted by molar-refractivity contribution is -0.137. The Morgan fingerprint density at radius 1 is 1.00 bits per heavy atom. The van der Waals surface area contributed by atoms with Gasteiger partial charge in [-0.1, -0.05) is 42.5 Å². The minimum Gasteiger partial charge on any atom is -0.483 e. The predicted octanol–water partition coefficient (Wildman–Crippen LogP) is 6.75. The number of carbonyl (C=O) groups is 1. The van der Waals surface area contributed by atoms with Crippen molar-refractivity contribution >= 4 is 22.9 Å². The van der Waals surface area contributed by atoms with Crippen molar-refractivity contribution in [3.8, 4) is 16.9 Å². The Morgan fingerprint density at radius 2 is 1.76 bits per heavy atom. The Hall–Kier alpha value is -3.89. The molecule has 0 aliphatic carbocycles. The highest BCUT2D eigenvalue weighted by Gasteiger charge is 2.31. The van der Waals surface area contributed by atoms with E-state index >= 15 is 0 Å². The number of amides is 1. The number of hydrogen-bond acceptors (Lipinski definition) is 6. The van der Waals surface area contributed by atoms with Gasteiger partial charge in [0.05, 0.1) is 11.6 Å². The summed E-state index contributed by atoms with van der Waals surface area (Å²) in [5, 5.41) is 2.99. The van der Waals surface area contributed by atoms with Crippen LogP contribution in [0.15, 0.2) is 84.4 Å². The first-order chi connectivity index (χ1) is 20.2. The van der Waals surface area contributed by atoms with Crippen LogP contribution in [0.2, 0.25) is 0 Å². The van der Waals surface area contributed by atoms with E-state index in [9.17, 15) is 18.0 Å². The van der Waals surface area contributed by atoms with Gasteiger partial charge in [0.2, 0.25) is 0 Å². The van der Waals surface area contributed by atoms with Gasteiger partial charge in [0, 0.05) is 55.6 Å². The molecule has 5 rings (SSSR count). The molecule has 10 heteroatoms. The molecule has 1 aliphatic rings. The molecule has 1 aliphatic heterocycles. The molecule has 6 nitrogen and oxygen atoms in total. The van der Waals surface area contributed by atoms with Crippen LogP contribution in [0, 0.1) is 0 Å². The van der Waals surface area contributed by atoms with Gasteiger partial charge in [-0.05, 0) is 55.4 Å². The molecule has 4 aromatic rings. The number of ether oxygens (including phenoxy) is 1. The van der Waals surface area contributed by atoms with E-state index in [1.165, 1.54) is 6.07 Å². The lowest BCUT2D eigenvalue weighted by atomic mass is 10.0. The molecule has 1 amide bonds. The van der Waals surface area contributed by atoms with Gasteiger partial charge in [-0.3, -0.25) is 9.69 Å². The molecule has 1 aromatic heterocycles. The van der Waals surface area contributed by atoms with Crippen LogP contribution in [0.25, 0.3) is 11.1 Å². The molecule has 42 heavy (non-hydrogen) atoms. The van der Waals surface area contributed by atoms with Crippen LogP contribution >= 0.6 is 11.3 Å². The summed E-state index contributed by atoms with van der Waals surface area (Å²) in [7, 11) is 2.04. The van der Waals surface area contributed by atoms with Crippen LogP contribution in [0.4, 0.5) is 18.9 Å². The van der Waals surface area contributed by atoms with Crippen LogP contribution < -0.4 is 9.64 Å². The molecule has 0 saturated carbocycles. The quantitative estimate of drug-likeness (QED) is 0.215. The number of benzene rings is 3. The zero-order chi connectivity index (χ0) is 29.7. The monoisotopic (exact) mass is 594 g/mol. The lowest BCUT2D eigenvalue weighted by Gasteiger charge is -2.36. The van der Waals surface area contributed by atoms with Crippen LogP contribution in [-0.4, -0.2) is 60.5 Å². The van der Waals surface area contributed by atoms with Gasteiger partial charge in [0.25, 0.3) is 5.91 Å². The van der Waals surface area contributed by atoms with Crippen molar-refractivity contribution in [2.75, 3.05) is 44.7 Å². The molecule has 1 fully saturated rings. The molecule has 0 N–H and O–H groups in total. The van der Waals surface area contributed by atoms with Crippen LogP contribution in [-0.2, 0) is 17.5 Å². The number of anilines is 1. The van der Waals surface area contributed by atoms with Crippen LogP contribution in [0.3, 0.4) is 0 Å². The fraction of sp³-hybridized carbons (Fsp3) is 0.312. The molecule has 2 heterocycles. The van der Waals surface area contributed by atoms with Gasteiger partial charge < -0.3 is 14.5 Å². The Bertz CT molecular complexity index is 1470. The Morgan fingerprint density at radius 3 is 2.45 bits per heavy atom. The van der Waals surface area contributed by atoms with Gasteiger partial charge in [0.15, 0.2) is 6.61 Å². The number of carbonyl (C=O) groups excluding carboxylic acids is 1. The molecule has 0 spiro atoms. The maximum absolute atomic E-state index is 13.1. The molecule has 1 saturated heterocycles. The first kappa shape index (κ1) is 29.6. The SMILES string of the molecule is C[C@@H](c1nccs1)N(C)Cc1cc(-c2ccccc2)ccc1OCC(=O)N1CCN(c2cccc(C(F)(F)F)c2)CC1. The highest BCUT2D eigenvalue weighted by molar-refractivity contribution is 7.09. The number of piperazine rings is 1. The third kappa shape index (κ3) is 7.11. The summed E-state index contributed by atoms with van der Waals surface area (Å²) in [6, 6.07) is 21.5. The van der Waals surface area contributed by atoms with Gasteiger partial charge in [-0.15, -0.1) is 11.3 Å². The van der Waals surface area contributed by atoms with E-state index in [1.54, 1.807) is 28.5 Å². The van der Waals surface area contributed by atoms with E-state index in [2.05, 4.69) is 35.0 Å². The van der Waals surface area contributed by atoms with Gasteiger partial charge >= 0.3 is 6.18 Å². The van der Waals surface area contributed by atoms with Crippen LogP contribution in [0.5, 0.6) is 5.75 Å². The Balaban J connectivity index is 1.24. The average Bonchev–Trinajstić information content (AvgIpc) is 3.55. The van der Waals surface area contributed by atoms with E-state index in [1.807, 2.05) is 47.7 Å². The van der Waals surface area contributed by atoms with Crippen molar-refractivity contribution in [3.63, 3.8) is 0 Å². The number of nitrogens with zero attached hydrogens (tertiary/aromatic N) is 4. The highest BCUT2D eigenvalue weighted by Crippen LogP contribution is 2.33. The van der Waals surface area contributed by atoms with Gasteiger partial charge in [0.1, 0.15) is 10.8 Å². The molecule has 1 atom stereocenters. The van der Waals surface area contributed by atoms with Crippen molar-refractivity contribution in [3.05, 3.63) is 101 Å². The summed E-state index contributed by atoms with van der Waals surface area (Å²) in [5.41, 5.74) is 2.95. The number of hydrogen-bond donors (Lipinski definition) is 0. The molecule has 3 aromatic carbocycles. The largest absolute Gasteiger partial charge is 0.483 e. The standard InChI is InChI=1S/C32H33F3N4O2S/c1-23(31-36-13-18-42-31)37(2)21-26-19-25(24-7-4-3-5-8-24)11-12-29(26)41-22-30(40)39-16-14-38(15-17-39)28-10-6-9-27(20-28)32(33,34)35/h3-13,18-20,23H,14-17,21-22H2,1-2H3/t23-/m0/s1. The maximum atomic E-state index is 13.1. The smallest absolute Gasteiger partial charge is 0.416 e. The number of halogens is 3. The molecular weight excluding hydrogens is 561 g/mol. The Labute approximate surface area is 248 Å². The van der Waals surface area contributed by atoms with Gasteiger partial charge in [-0.25, -0.2) is 4.98 Å². The van der Waals surface area contributed by atoms with Crippen molar-refractivity contribution in [2.24, 2.45) is 0 Å². The first-order valence-electron chi connectivity index (χ1n) is 13.8. The summed E-state index contributed by atoms with van der Waals surface area (Å²) in [5.74, 6) is 0.491. The zero-order valence-corrected chi connectivity index (χ0v) is 24.4. The van der Waals surface area contributed by atoms with Crippen LogP contribution in [0.1, 0.15) is 29.1 Å². The minimum absolute atomic E-state index is 0.105. The van der Waals surface area contributed by atoms with Crippen molar-refractivity contribution in [1.29, 1.82) is 0 Å². The average molecular weight is 595 g/mol. The second-order valence-corrected chi connectivity index (χ2v) is 11.3. The maximum Gasteiger partial charge on any atom is 0.416 e. The third-order valence-corrected chi connectivity index (χ3v) is 8.53. The second-order valence-electron chi connectivity index (χ2n) is 10.4. The molecule has 0 radical (unpaired) electrons. The number of rotatable bonds is 9. The predicted molar refractivity (Wildman–Crippen MR) is 160 cm³/mol. The lowest BCUT2D eigenvalue weighted by Crippen LogP contribution is -2.50. The number of aromatic nitrogens is 1. The Kier molecular flexibility index (Phi) is 9.13. The summed E-state index contributed by atoms with van der Waals surface area (Å²) in [4.78, 5) is 23.3. The second kappa shape index (κ2) is 13.0. The summed E-state index contributed by atoms with van der Waals surface area (Å²) in [6.45, 7) is 4.31. The normalized spacial score (nSPS) is 14.7. The van der Waals surface area contributed by atoms with Crippen molar-refractivity contribution < 1.29 is 22.7 Å². The van der Waals surface area contributed by atoms with E-state index in [0.29, 0.717) is 44.2 Å². The molecule has 220 valence electrons. The first-order valence-corrected chi connectivity index (χ1v) is 14.7. The van der Waals surface area contributed by atoms with E-state index < -0.39 is 11.7 Å².